The fraction of sp³-hybridized carbons (Fsp3) is 0.286. The molecule has 0 amide bonds. The predicted octanol–water partition coefficient (Wildman–Crippen LogP) is 10.5. The van der Waals surface area contributed by atoms with Gasteiger partial charge in [0, 0.05) is 59.2 Å². The van der Waals surface area contributed by atoms with Crippen molar-refractivity contribution in [1.29, 1.82) is 0 Å². The van der Waals surface area contributed by atoms with Crippen molar-refractivity contribution in [2.24, 2.45) is 18.0 Å². The van der Waals surface area contributed by atoms with Crippen molar-refractivity contribution >= 4 is 43.8 Å². The van der Waals surface area contributed by atoms with Gasteiger partial charge >= 0.3 is 0 Å². The van der Waals surface area contributed by atoms with E-state index in [0.717, 1.165) is 80.7 Å². The highest BCUT2D eigenvalue weighted by molar-refractivity contribution is 7.18. The van der Waals surface area contributed by atoms with Crippen LogP contribution in [0.3, 0.4) is 0 Å². The van der Waals surface area contributed by atoms with Gasteiger partial charge in [-0.25, -0.2) is 13.8 Å². The fourth-order valence-corrected chi connectivity index (χ4v) is 8.22. The Bertz CT molecular complexity index is 2310. The Kier molecular flexibility index (Phi) is 9.91. The molecule has 3 aliphatic rings. The zero-order chi connectivity index (χ0) is 35.6. The molecular formula is C42H40F2N4O2S. The number of aromatic nitrogens is 3. The third-order valence-corrected chi connectivity index (χ3v) is 11.0. The molecule has 0 spiro atoms. The van der Waals surface area contributed by atoms with E-state index in [2.05, 4.69) is 36.8 Å². The average Bonchev–Trinajstić information content (AvgIpc) is 3.76. The smallest absolute Gasteiger partial charge is 0.159 e. The number of allylic oxidation sites excluding steroid dienone is 7. The maximum absolute atomic E-state index is 16.3. The molecule has 2 aromatic carbocycles. The van der Waals surface area contributed by atoms with Crippen LogP contribution in [-0.4, -0.2) is 39.9 Å². The molecule has 51 heavy (non-hydrogen) atoms. The van der Waals surface area contributed by atoms with Crippen LogP contribution in [0.25, 0.3) is 43.4 Å². The maximum Gasteiger partial charge on any atom is 0.159 e. The lowest BCUT2D eigenvalue weighted by molar-refractivity contribution is -0.114. The molecule has 1 atom stereocenters. The number of carbonyl (C=O) groups excluding carboxylic acids is 1. The lowest BCUT2D eigenvalue weighted by Gasteiger charge is -2.22. The summed E-state index contributed by atoms with van der Waals surface area (Å²) in [5.74, 6) is -1.04. The molecule has 0 N–H and O–H groups in total. The molecule has 2 aliphatic heterocycles. The summed E-state index contributed by atoms with van der Waals surface area (Å²) in [4.78, 5) is 22.7. The Balaban J connectivity index is 1.50. The van der Waals surface area contributed by atoms with E-state index in [0.29, 0.717) is 42.8 Å². The van der Waals surface area contributed by atoms with Crippen LogP contribution in [-0.2, 0) is 11.8 Å². The van der Waals surface area contributed by atoms with Crippen LogP contribution in [0.5, 0.6) is 5.75 Å². The highest BCUT2D eigenvalue weighted by Crippen LogP contribution is 2.45. The number of hydrogen-bond donors (Lipinski definition) is 0. The molecule has 5 heterocycles. The Morgan fingerprint density at radius 3 is 2.80 bits per heavy atom. The van der Waals surface area contributed by atoms with Gasteiger partial charge in [-0.1, -0.05) is 48.8 Å². The first-order chi connectivity index (χ1) is 24.7. The lowest BCUT2D eigenvalue weighted by Crippen LogP contribution is -2.11. The molecular weight excluding hydrogens is 663 g/mol. The van der Waals surface area contributed by atoms with E-state index in [1.165, 1.54) is 23.5 Å². The number of thiophene rings is 1. The second-order valence-corrected chi connectivity index (χ2v) is 14.2. The van der Waals surface area contributed by atoms with Gasteiger partial charge in [-0.2, -0.15) is 5.10 Å². The Morgan fingerprint density at radius 1 is 1.12 bits per heavy atom. The minimum absolute atomic E-state index is 0.00951. The Hall–Kier alpha value is -5.02. The summed E-state index contributed by atoms with van der Waals surface area (Å²) in [5, 5.41) is 8.22. The van der Waals surface area contributed by atoms with Crippen molar-refractivity contribution in [1.82, 2.24) is 14.8 Å². The van der Waals surface area contributed by atoms with E-state index >= 15 is 4.39 Å². The molecule has 1 aliphatic carbocycles. The number of carbonyl (C=O) groups is 1. The standard InChI is InChI=1S/C42H40F2N4O2S/c1-5-32(49)20-28-13-12-27-21-35(45-3)41-39(42-33(16-18-51-42)40(47-41)29-14-15-36-30(19-29)24-46-48(36)4)38-34(44)22-31(43)23-37(38)50-17-8-6-7-9-26(28)11-10-25(27)2/h5,10,13-16,18-19,21-24,26H,1,6-9,11-12,17,20H2,2-4H3/b25-10-,27-21-,28-13-,45-35?/t26-/m1/s1. The van der Waals surface area contributed by atoms with Gasteiger partial charge in [0.2, 0.25) is 0 Å². The van der Waals surface area contributed by atoms with Crippen molar-refractivity contribution < 1.29 is 18.3 Å². The number of hydrogen-bond acceptors (Lipinski definition) is 6. The molecule has 8 rings (SSSR count). The minimum Gasteiger partial charge on any atom is -0.493 e. The number of nitrogens with zero attached hydrogens (tertiary/aromatic N) is 4. The summed E-state index contributed by atoms with van der Waals surface area (Å²) < 4.78 is 40.1. The van der Waals surface area contributed by atoms with Crippen LogP contribution in [0, 0.1) is 17.6 Å². The minimum atomic E-state index is -0.721. The molecule has 5 aromatic rings. The first-order valence-corrected chi connectivity index (χ1v) is 18.3. The summed E-state index contributed by atoms with van der Waals surface area (Å²) in [6, 6.07) is 10.3. The molecule has 260 valence electrons. The van der Waals surface area contributed by atoms with E-state index in [1.54, 1.807) is 7.05 Å². The third kappa shape index (κ3) is 6.87. The summed E-state index contributed by atoms with van der Waals surface area (Å²) in [5.41, 5.74) is 7.59. The number of pyridine rings is 1. The predicted molar refractivity (Wildman–Crippen MR) is 204 cm³/mol. The normalized spacial score (nSPS) is 21.0. The highest BCUT2D eigenvalue weighted by atomic mass is 32.1. The number of benzene rings is 2. The summed E-state index contributed by atoms with van der Waals surface area (Å²) >= 11 is 1.48. The molecule has 2 bridgehead atoms. The average molecular weight is 703 g/mol. The van der Waals surface area contributed by atoms with Crippen molar-refractivity contribution in [2.45, 2.75) is 51.9 Å². The van der Waals surface area contributed by atoms with Gasteiger partial charge in [-0.3, -0.25) is 14.5 Å². The first kappa shape index (κ1) is 34.4. The second-order valence-electron chi connectivity index (χ2n) is 13.3. The third-order valence-electron chi connectivity index (χ3n) is 10.1. The molecule has 0 radical (unpaired) electrons. The van der Waals surface area contributed by atoms with Crippen molar-refractivity contribution in [3.05, 3.63) is 113 Å². The van der Waals surface area contributed by atoms with Crippen LogP contribution in [0.2, 0.25) is 0 Å². The van der Waals surface area contributed by atoms with Gasteiger partial charge in [0.05, 0.1) is 41.0 Å². The molecule has 0 fully saturated rings. The summed E-state index contributed by atoms with van der Waals surface area (Å²) in [6.45, 7) is 6.12. The topological polar surface area (TPSA) is 69.4 Å². The maximum atomic E-state index is 16.3. The zero-order valence-corrected chi connectivity index (χ0v) is 30.0. The number of halogens is 2. The van der Waals surface area contributed by atoms with Crippen molar-refractivity contribution in [3.8, 4) is 28.1 Å². The first-order valence-electron chi connectivity index (χ1n) is 17.4. The molecule has 0 unspecified atom stereocenters. The second kappa shape index (κ2) is 14.7. The Morgan fingerprint density at radius 2 is 1.98 bits per heavy atom. The number of aryl methyl sites for hydroxylation is 1. The van der Waals surface area contributed by atoms with E-state index < -0.39 is 11.6 Å². The summed E-state index contributed by atoms with van der Waals surface area (Å²) in [6.07, 6.45) is 14.9. The largest absolute Gasteiger partial charge is 0.493 e. The molecule has 9 heteroatoms. The van der Waals surface area contributed by atoms with Gasteiger partial charge in [0.1, 0.15) is 17.4 Å². The van der Waals surface area contributed by atoms with Gasteiger partial charge in [0.25, 0.3) is 0 Å². The SMILES string of the molecule is C=CC(=O)C/C1=C/CC2=C/C(=NC)c3nc(-c4ccc5c(cnn5C)c4)c4ccsc4c3-c3c(F)cc(F)cc3OCCCCC[C@@H]1C/C=C\2C. The van der Waals surface area contributed by atoms with E-state index in [4.69, 9.17) is 14.7 Å². The quantitative estimate of drug-likeness (QED) is 0.138. The van der Waals surface area contributed by atoms with Crippen LogP contribution >= 0.6 is 11.3 Å². The van der Waals surface area contributed by atoms with Crippen LogP contribution in [0.15, 0.2) is 101 Å². The molecule has 6 nitrogen and oxygen atoms in total. The number of rotatable bonds is 4. The van der Waals surface area contributed by atoms with Crippen LogP contribution in [0.1, 0.15) is 57.6 Å². The van der Waals surface area contributed by atoms with Crippen LogP contribution in [0.4, 0.5) is 8.78 Å². The molecule has 3 aromatic heterocycles. The van der Waals surface area contributed by atoms with Gasteiger partial charge in [-0.05, 0) is 79.8 Å². The van der Waals surface area contributed by atoms with Gasteiger partial charge < -0.3 is 4.74 Å². The summed E-state index contributed by atoms with van der Waals surface area (Å²) in [7, 11) is 3.62. The number of ether oxygens (including phenoxy) is 1. The van der Waals surface area contributed by atoms with Crippen molar-refractivity contribution in [2.75, 3.05) is 13.7 Å². The van der Waals surface area contributed by atoms with Crippen molar-refractivity contribution in [3.63, 3.8) is 0 Å². The van der Waals surface area contributed by atoms with Crippen LogP contribution < -0.4 is 4.74 Å². The molecule has 0 saturated carbocycles. The van der Waals surface area contributed by atoms with Gasteiger partial charge in [-0.15, -0.1) is 11.3 Å². The fourth-order valence-electron chi connectivity index (χ4n) is 7.27. The highest BCUT2D eigenvalue weighted by Gasteiger charge is 2.27. The van der Waals surface area contributed by atoms with Gasteiger partial charge in [0.15, 0.2) is 5.78 Å². The molecule has 0 saturated heterocycles. The Labute approximate surface area is 300 Å². The number of ketones is 1. The number of fused-ring (bicyclic) bond motifs is 10. The lowest BCUT2D eigenvalue weighted by atomic mass is 9.82. The number of aliphatic imine (C=N–C) groups is 1. The monoisotopic (exact) mass is 702 g/mol. The van der Waals surface area contributed by atoms with E-state index in [1.807, 2.05) is 47.6 Å². The zero-order valence-electron chi connectivity index (χ0n) is 29.1. The van der Waals surface area contributed by atoms with E-state index in [9.17, 15) is 9.18 Å². The van der Waals surface area contributed by atoms with E-state index in [-0.39, 0.29) is 23.0 Å².